The summed E-state index contributed by atoms with van der Waals surface area (Å²) in [5.41, 5.74) is 5.98. The third-order valence-corrected chi connectivity index (χ3v) is 1.54. The summed E-state index contributed by atoms with van der Waals surface area (Å²) in [6.07, 6.45) is 1.57. The minimum absolute atomic E-state index is 0.115. The molecular formula is C10H11NO3. The number of ether oxygens (including phenoxy) is 1. The van der Waals surface area contributed by atoms with Gasteiger partial charge in [-0.05, 0) is 12.1 Å². The highest BCUT2D eigenvalue weighted by Gasteiger charge is 2.05. The Kier molecular flexibility index (Phi) is 3.12. The first-order chi connectivity index (χ1) is 6.63. The Balaban J connectivity index is 2.94. The van der Waals surface area contributed by atoms with E-state index in [4.69, 9.17) is 15.6 Å². The van der Waals surface area contributed by atoms with Gasteiger partial charge in [0.15, 0.2) is 0 Å². The molecule has 14 heavy (non-hydrogen) atoms. The maximum Gasteiger partial charge on any atom is 0.335 e. The maximum atomic E-state index is 10.6. The maximum absolute atomic E-state index is 10.6. The van der Waals surface area contributed by atoms with Gasteiger partial charge >= 0.3 is 5.97 Å². The van der Waals surface area contributed by atoms with Crippen molar-refractivity contribution in [2.24, 2.45) is 0 Å². The minimum Gasteiger partial charge on any atom is -0.489 e. The molecule has 0 aliphatic heterocycles. The molecule has 4 heteroatoms. The van der Waals surface area contributed by atoms with Crippen LogP contribution >= 0.6 is 0 Å². The van der Waals surface area contributed by atoms with Crippen LogP contribution in [-0.2, 0) is 0 Å². The molecule has 1 rings (SSSR count). The topological polar surface area (TPSA) is 72.5 Å². The minimum atomic E-state index is -1.03. The van der Waals surface area contributed by atoms with Crippen LogP contribution in [0.2, 0.25) is 0 Å². The second kappa shape index (κ2) is 4.32. The fourth-order valence-electron chi connectivity index (χ4n) is 0.984. The zero-order valence-electron chi connectivity index (χ0n) is 7.56. The van der Waals surface area contributed by atoms with Crippen LogP contribution in [0.1, 0.15) is 10.4 Å². The largest absolute Gasteiger partial charge is 0.489 e. The SMILES string of the molecule is C=CCOc1cc(N)cc(C(=O)O)c1. The fraction of sp³-hybridized carbons (Fsp3) is 0.100. The van der Waals surface area contributed by atoms with Gasteiger partial charge in [0.05, 0.1) is 5.56 Å². The Morgan fingerprint density at radius 2 is 2.29 bits per heavy atom. The molecule has 0 fully saturated rings. The monoisotopic (exact) mass is 193 g/mol. The number of carboxylic acids is 1. The second-order valence-corrected chi connectivity index (χ2v) is 2.70. The molecule has 0 aliphatic rings. The van der Waals surface area contributed by atoms with Gasteiger partial charge in [-0.25, -0.2) is 4.79 Å². The van der Waals surface area contributed by atoms with Crippen LogP contribution in [0, 0.1) is 0 Å². The van der Waals surface area contributed by atoms with Gasteiger partial charge < -0.3 is 15.6 Å². The Hall–Kier alpha value is -1.97. The zero-order valence-corrected chi connectivity index (χ0v) is 7.56. The van der Waals surface area contributed by atoms with E-state index in [1.165, 1.54) is 12.1 Å². The Bertz CT molecular complexity index is 360. The van der Waals surface area contributed by atoms with Crippen molar-refractivity contribution in [1.82, 2.24) is 0 Å². The molecule has 3 N–H and O–H groups in total. The first-order valence-corrected chi connectivity index (χ1v) is 4.01. The standard InChI is InChI=1S/C10H11NO3/c1-2-3-14-9-5-7(10(12)13)4-8(11)6-9/h2,4-6H,1,3,11H2,(H,12,13). The smallest absolute Gasteiger partial charge is 0.335 e. The first-order valence-electron chi connectivity index (χ1n) is 4.01. The molecule has 0 amide bonds. The van der Waals surface area contributed by atoms with Crippen LogP contribution in [-0.4, -0.2) is 17.7 Å². The average Bonchev–Trinajstić information content (AvgIpc) is 2.14. The van der Waals surface area contributed by atoms with Gasteiger partial charge in [-0.15, -0.1) is 0 Å². The molecular weight excluding hydrogens is 182 g/mol. The van der Waals surface area contributed by atoms with Crippen molar-refractivity contribution < 1.29 is 14.6 Å². The van der Waals surface area contributed by atoms with Crippen LogP contribution in [0.4, 0.5) is 5.69 Å². The second-order valence-electron chi connectivity index (χ2n) is 2.70. The quantitative estimate of drug-likeness (QED) is 0.561. The highest BCUT2D eigenvalue weighted by atomic mass is 16.5. The van der Waals surface area contributed by atoms with Crippen molar-refractivity contribution in [2.75, 3.05) is 12.3 Å². The molecule has 0 aromatic heterocycles. The number of nitrogen functional groups attached to an aromatic ring is 1. The summed E-state index contributed by atoms with van der Waals surface area (Å²) in [4.78, 5) is 10.6. The summed E-state index contributed by atoms with van der Waals surface area (Å²) in [7, 11) is 0. The van der Waals surface area contributed by atoms with Gasteiger partial charge in [-0.3, -0.25) is 0 Å². The molecule has 4 nitrogen and oxygen atoms in total. The predicted molar refractivity (Wildman–Crippen MR) is 53.5 cm³/mol. The number of hydrogen-bond acceptors (Lipinski definition) is 3. The number of anilines is 1. The molecule has 1 aromatic rings. The molecule has 0 saturated heterocycles. The predicted octanol–water partition coefficient (Wildman–Crippen LogP) is 1.53. The Morgan fingerprint density at radius 1 is 1.57 bits per heavy atom. The van der Waals surface area contributed by atoms with Gasteiger partial charge in [0.1, 0.15) is 12.4 Å². The van der Waals surface area contributed by atoms with Crippen molar-refractivity contribution in [1.29, 1.82) is 0 Å². The van der Waals surface area contributed by atoms with Crippen molar-refractivity contribution in [3.63, 3.8) is 0 Å². The number of aromatic carboxylic acids is 1. The third-order valence-electron chi connectivity index (χ3n) is 1.54. The van der Waals surface area contributed by atoms with E-state index in [2.05, 4.69) is 6.58 Å². The lowest BCUT2D eigenvalue weighted by Crippen LogP contribution is -2.00. The van der Waals surface area contributed by atoms with Gasteiger partial charge in [0.2, 0.25) is 0 Å². The number of hydrogen-bond donors (Lipinski definition) is 2. The number of carbonyl (C=O) groups is 1. The molecule has 0 unspecified atom stereocenters. The molecule has 0 spiro atoms. The number of carboxylic acid groups (broad SMARTS) is 1. The van der Waals surface area contributed by atoms with Crippen molar-refractivity contribution in [3.8, 4) is 5.75 Å². The summed E-state index contributed by atoms with van der Waals surface area (Å²) in [5.74, 6) is -0.594. The number of benzene rings is 1. The van der Waals surface area contributed by atoms with E-state index in [1.807, 2.05) is 0 Å². The molecule has 0 atom stereocenters. The fourth-order valence-corrected chi connectivity index (χ4v) is 0.984. The molecule has 1 aromatic carbocycles. The van der Waals surface area contributed by atoms with E-state index in [0.29, 0.717) is 18.0 Å². The van der Waals surface area contributed by atoms with Crippen molar-refractivity contribution in [3.05, 3.63) is 36.4 Å². The third kappa shape index (κ3) is 2.52. The highest BCUT2D eigenvalue weighted by molar-refractivity contribution is 5.89. The van der Waals surface area contributed by atoms with Gasteiger partial charge in [0.25, 0.3) is 0 Å². The van der Waals surface area contributed by atoms with Crippen LogP contribution in [0.15, 0.2) is 30.9 Å². The summed E-state index contributed by atoms with van der Waals surface area (Å²) < 4.78 is 5.17. The lowest BCUT2D eigenvalue weighted by Gasteiger charge is -2.05. The summed E-state index contributed by atoms with van der Waals surface area (Å²) in [6, 6.07) is 4.36. The van der Waals surface area contributed by atoms with E-state index in [1.54, 1.807) is 12.1 Å². The van der Waals surface area contributed by atoms with Crippen molar-refractivity contribution >= 4 is 11.7 Å². The summed E-state index contributed by atoms with van der Waals surface area (Å²) in [6.45, 7) is 3.81. The number of rotatable bonds is 4. The van der Waals surface area contributed by atoms with Crippen molar-refractivity contribution in [2.45, 2.75) is 0 Å². The highest BCUT2D eigenvalue weighted by Crippen LogP contribution is 2.18. The lowest BCUT2D eigenvalue weighted by molar-refractivity contribution is 0.0696. The van der Waals surface area contributed by atoms with Gasteiger partial charge in [-0.1, -0.05) is 12.7 Å². The molecule has 0 saturated carbocycles. The number of nitrogens with two attached hydrogens (primary N) is 1. The first kappa shape index (κ1) is 10.1. The van der Waals surface area contributed by atoms with Gasteiger partial charge in [-0.2, -0.15) is 0 Å². The van der Waals surface area contributed by atoms with Gasteiger partial charge in [0, 0.05) is 11.8 Å². The summed E-state index contributed by atoms with van der Waals surface area (Å²) in [5, 5.41) is 8.73. The van der Waals surface area contributed by atoms with Crippen LogP contribution in [0.3, 0.4) is 0 Å². The van der Waals surface area contributed by atoms with E-state index in [0.717, 1.165) is 0 Å². The van der Waals surface area contributed by atoms with Crippen LogP contribution in [0.25, 0.3) is 0 Å². The zero-order chi connectivity index (χ0) is 10.6. The Morgan fingerprint density at radius 3 is 2.86 bits per heavy atom. The van der Waals surface area contributed by atoms with Crippen LogP contribution < -0.4 is 10.5 Å². The molecule has 0 bridgehead atoms. The van der Waals surface area contributed by atoms with E-state index in [9.17, 15) is 4.79 Å². The van der Waals surface area contributed by atoms with E-state index in [-0.39, 0.29) is 5.56 Å². The molecule has 0 heterocycles. The van der Waals surface area contributed by atoms with Crippen LogP contribution in [0.5, 0.6) is 5.75 Å². The molecule has 0 radical (unpaired) electrons. The molecule has 0 aliphatic carbocycles. The average molecular weight is 193 g/mol. The Labute approximate surface area is 81.6 Å². The molecule has 74 valence electrons. The lowest BCUT2D eigenvalue weighted by atomic mass is 10.2. The summed E-state index contributed by atoms with van der Waals surface area (Å²) >= 11 is 0. The normalized spacial score (nSPS) is 9.43. The van der Waals surface area contributed by atoms with E-state index < -0.39 is 5.97 Å². The van der Waals surface area contributed by atoms with E-state index >= 15 is 0 Å².